The zero-order chi connectivity index (χ0) is 12.4. The van der Waals surface area contributed by atoms with E-state index in [0.29, 0.717) is 16.5 Å². The Hall–Kier alpha value is -2.02. The van der Waals surface area contributed by atoms with Crippen LogP contribution < -0.4 is 5.73 Å². The second-order valence-electron chi connectivity index (χ2n) is 3.21. The number of phenols is 2. The van der Waals surface area contributed by atoms with E-state index in [1.54, 1.807) is 6.07 Å². The standard InChI is InChI=1S/C10H10N4O2S/c1-17-10-13-8(12-9(11)14-10)5-2-3-6(15)7(16)4-5/h2-4,15-16H,1H3,(H2,11,12,13,14). The van der Waals surface area contributed by atoms with Gasteiger partial charge >= 0.3 is 0 Å². The third-order valence-electron chi connectivity index (χ3n) is 2.05. The highest BCUT2D eigenvalue weighted by Crippen LogP contribution is 2.29. The van der Waals surface area contributed by atoms with E-state index in [9.17, 15) is 10.2 Å². The van der Waals surface area contributed by atoms with Crippen LogP contribution in [0.15, 0.2) is 23.4 Å². The number of benzene rings is 1. The lowest BCUT2D eigenvalue weighted by atomic mass is 10.2. The lowest BCUT2D eigenvalue weighted by Crippen LogP contribution is -2.01. The van der Waals surface area contributed by atoms with E-state index in [4.69, 9.17) is 5.73 Å². The maximum atomic E-state index is 9.40. The van der Waals surface area contributed by atoms with Gasteiger partial charge in [-0.1, -0.05) is 11.8 Å². The molecular formula is C10H10N4O2S. The van der Waals surface area contributed by atoms with Crippen LogP contribution in [0, 0.1) is 0 Å². The molecule has 0 radical (unpaired) electrons. The second kappa shape index (κ2) is 4.46. The van der Waals surface area contributed by atoms with Crippen molar-refractivity contribution in [1.29, 1.82) is 0 Å². The normalized spacial score (nSPS) is 10.4. The molecule has 0 atom stereocenters. The van der Waals surface area contributed by atoms with E-state index in [2.05, 4.69) is 15.0 Å². The van der Waals surface area contributed by atoms with Crippen molar-refractivity contribution in [2.24, 2.45) is 0 Å². The first kappa shape index (κ1) is 11.5. The third kappa shape index (κ3) is 2.39. The number of nitrogens with zero attached hydrogens (tertiary/aromatic N) is 3. The van der Waals surface area contributed by atoms with Crippen LogP contribution in [0.5, 0.6) is 11.5 Å². The summed E-state index contributed by atoms with van der Waals surface area (Å²) in [5, 5.41) is 19.1. The summed E-state index contributed by atoms with van der Waals surface area (Å²) in [6.45, 7) is 0. The topological polar surface area (TPSA) is 105 Å². The van der Waals surface area contributed by atoms with E-state index in [-0.39, 0.29) is 17.4 Å². The first-order valence-electron chi connectivity index (χ1n) is 4.68. The molecular weight excluding hydrogens is 240 g/mol. The number of aromatic nitrogens is 3. The number of hydrogen-bond acceptors (Lipinski definition) is 7. The van der Waals surface area contributed by atoms with Gasteiger partial charge in [-0.2, -0.15) is 9.97 Å². The Bertz CT molecular complexity index is 562. The zero-order valence-electron chi connectivity index (χ0n) is 8.95. The van der Waals surface area contributed by atoms with E-state index < -0.39 is 0 Å². The van der Waals surface area contributed by atoms with Crippen molar-refractivity contribution >= 4 is 17.7 Å². The highest BCUT2D eigenvalue weighted by Gasteiger charge is 2.08. The molecule has 0 amide bonds. The summed E-state index contributed by atoms with van der Waals surface area (Å²) in [5.41, 5.74) is 6.11. The molecule has 88 valence electrons. The molecule has 1 aromatic carbocycles. The van der Waals surface area contributed by atoms with Crippen molar-refractivity contribution < 1.29 is 10.2 Å². The highest BCUT2D eigenvalue weighted by molar-refractivity contribution is 7.98. The molecule has 1 aromatic heterocycles. The Labute approximate surface area is 102 Å². The van der Waals surface area contributed by atoms with Gasteiger partial charge < -0.3 is 15.9 Å². The largest absolute Gasteiger partial charge is 0.504 e. The van der Waals surface area contributed by atoms with E-state index in [1.807, 2.05) is 6.26 Å². The van der Waals surface area contributed by atoms with Crippen molar-refractivity contribution in [2.75, 3.05) is 12.0 Å². The molecule has 0 aliphatic rings. The molecule has 1 heterocycles. The number of anilines is 1. The average Bonchev–Trinajstić information content (AvgIpc) is 2.32. The van der Waals surface area contributed by atoms with E-state index in [0.717, 1.165) is 0 Å². The fourth-order valence-electron chi connectivity index (χ4n) is 1.26. The van der Waals surface area contributed by atoms with E-state index >= 15 is 0 Å². The average molecular weight is 250 g/mol. The minimum atomic E-state index is -0.229. The van der Waals surface area contributed by atoms with Gasteiger partial charge in [-0.05, 0) is 24.5 Å². The van der Waals surface area contributed by atoms with Gasteiger partial charge in [-0.3, -0.25) is 0 Å². The molecule has 0 fully saturated rings. The second-order valence-corrected chi connectivity index (χ2v) is 3.98. The van der Waals surface area contributed by atoms with Crippen LogP contribution in [0.1, 0.15) is 0 Å². The lowest BCUT2D eigenvalue weighted by molar-refractivity contribution is 0.404. The molecule has 0 saturated carbocycles. The lowest BCUT2D eigenvalue weighted by Gasteiger charge is -2.04. The molecule has 0 aliphatic carbocycles. The van der Waals surface area contributed by atoms with Gasteiger partial charge in [-0.15, -0.1) is 0 Å². The molecule has 0 spiro atoms. The van der Waals surface area contributed by atoms with Crippen molar-refractivity contribution in [3.8, 4) is 22.9 Å². The van der Waals surface area contributed by atoms with Gasteiger partial charge in [0.1, 0.15) is 0 Å². The molecule has 4 N–H and O–H groups in total. The number of phenolic OH excluding ortho intramolecular Hbond substituents is 2. The van der Waals surface area contributed by atoms with Gasteiger partial charge in [0.2, 0.25) is 5.95 Å². The molecule has 6 nitrogen and oxygen atoms in total. The Morgan fingerprint density at radius 1 is 1.12 bits per heavy atom. The first-order valence-corrected chi connectivity index (χ1v) is 5.90. The van der Waals surface area contributed by atoms with Crippen LogP contribution >= 0.6 is 11.8 Å². The van der Waals surface area contributed by atoms with Crippen LogP contribution in [0.25, 0.3) is 11.4 Å². The zero-order valence-corrected chi connectivity index (χ0v) is 9.77. The van der Waals surface area contributed by atoms with Gasteiger partial charge in [-0.25, -0.2) is 4.98 Å². The maximum Gasteiger partial charge on any atom is 0.224 e. The molecule has 2 aromatic rings. The number of rotatable bonds is 2. The smallest absolute Gasteiger partial charge is 0.224 e. The van der Waals surface area contributed by atoms with Crippen molar-refractivity contribution in [2.45, 2.75) is 5.16 Å². The Balaban J connectivity index is 2.52. The number of aromatic hydroxyl groups is 2. The van der Waals surface area contributed by atoms with Gasteiger partial charge in [0.05, 0.1) is 0 Å². The van der Waals surface area contributed by atoms with Gasteiger partial charge in [0.15, 0.2) is 22.5 Å². The summed E-state index contributed by atoms with van der Waals surface area (Å²) < 4.78 is 0. The van der Waals surface area contributed by atoms with E-state index in [1.165, 1.54) is 23.9 Å². The number of nitrogens with two attached hydrogens (primary N) is 1. The number of thioether (sulfide) groups is 1. The summed E-state index contributed by atoms with van der Waals surface area (Å²) in [7, 11) is 0. The summed E-state index contributed by atoms with van der Waals surface area (Å²) in [6.07, 6.45) is 1.83. The highest BCUT2D eigenvalue weighted by atomic mass is 32.2. The Kier molecular flexibility index (Phi) is 3.01. The monoisotopic (exact) mass is 250 g/mol. The van der Waals surface area contributed by atoms with Crippen molar-refractivity contribution in [1.82, 2.24) is 15.0 Å². The van der Waals surface area contributed by atoms with Gasteiger partial charge in [0.25, 0.3) is 0 Å². The SMILES string of the molecule is CSc1nc(N)nc(-c2ccc(O)c(O)c2)n1. The predicted octanol–water partition coefficient (Wildman–Crippen LogP) is 1.25. The molecule has 0 saturated heterocycles. The summed E-state index contributed by atoms with van der Waals surface area (Å²) in [5.74, 6) is 0.0529. The van der Waals surface area contributed by atoms with Crippen LogP contribution in [0.4, 0.5) is 5.95 Å². The van der Waals surface area contributed by atoms with Crippen LogP contribution in [0.2, 0.25) is 0 Å². The molecule has 2 rings (SSSR count). The van der Waals surface area contributed by atoms with Crippen molar-refractivity contribution in [3.63, 3.8) is 0 Å². The molecule has 0 aliphatic heterocycles. The maximum absolute atomic E-state index is 9.40. The Morgan fingerprint density at radius 3 is 2.53 bits per heavy atom. The summed E-state index contributed by atoms with van der Waals surface area (Å²) in [6, 6.07) is 4.32. The fourth-order valence-corrected chi connectivity index (χ4v) is 1.62. The van der Waals surface area contributed by atoms with Crippen LogP contribution in [-0.2, 0) is 0 Å². The fraction of sp³-hybridized carbons (Fsp3) is 0.100. The Morgan fingerprint density at radius 2 is 1.88 bits per heavy atom. The minimum absolute atomic E-state index is 0.118. The van der Waals surface area contributed by atoms with Crippen molar-refractivity contribution in [3.05, 3.63) is 18.2 Å². The minimum Gasteiger partial charge on any atom is -0.504 e. The number of hydrogen-bond donors (Lipinski definition) is 3. The van der Waals surface area contributed by atoms with Crippen LogP contribution in [-0.4, -0.2) is 31.4 Å². The quantitative estimate of drug-likeness (QED) is 0.544. The summed E-state index contributed by atoms with van der Waals surface area (Å²) >= 11 is 1.35. The first-order chi connectivity index (χ1) is 8.10. The van der Waals surface area contributed by atoms with Gasteiger partial charge in [0, 0.05) is 5.56 Å². The predicted molar refractivity (Wildman–Crippen MR) is 64.8 cm³/mol. The summed E-state index contributed by atoms with van der Waals surface area (Å²) in [4.78, 5) is 12.1. The third-order valence-corrected chi connectivity index (χ3v) is 2.60. The molecule has 17 heavy (non-hydrogen) atoms. The molecule has 7 heteroatoms. The molecule has 0 bridgehead atoms. The molecule has 0 unspecified atom stereocenters. The number of nitrogen functional groups attached to an aromatic ring is 1. The van der Waals surface area contributed by atoms with Crippen LogP contribution in [0.3, 0.4) is 0 Å².